The zero-order valence-electron chi connectivity index (χ0n) is 11.2. The fourth-order valence-corrected chi connectivity index (χ4v) is 2.97. The van der Waals surface area contributed by atoms with Crippen molar-refractivity contribution in [1.29, 1.82) is 0 Å². The van der Waals surface area contributed by atoms with Crippen LogP contribution in [0.1, 0.15) is 12.8 Å². The van der Waals surface area contributed by atoms with Crippen LogP contribution in [0.15, 0.2) is 82.6 Å². The van der Waals surface area contributed by atoms with Gasteiger partial charge in [0.2, 0.25) is 0 Å². The summed E-state index contributed by atoms with van der Waals surface area (Å²) in [5.41, 5.74) is 0. The van der Waals surface area contributed by atoms with Crippen molar-refractivity contribution >= 4 is 11.8 Å². The molecule has 0 amide bonds. The van der Waals surface area contributed by atoms with E-state index < -0.39 is 0 Å². The molecule has 2 aromatic carbocycles. The largest absolute Gasteiger partial charge is 0.455 e. The fourth-order valence-electron chi connectivity index (χ4n) is 2.02. The fraction of sp³-hybridized carbons (Fsp3) is 0.111. The normalized spacial score (nSPS) is 14.4. The second-order valence-corrected chi connectivity index (χ2v) is 5.62. The lowest BCUT2D eigenvalue weighted by Crippen LogP contribution is -1.93. The van der Waals surface area contributed by atoms with Crippen LogP contribution in [-0.2, 0) is 0 Å². The average molecular weight is 280 g/mol. The van der Waals surface area contributed by atoms with Gasteiger partial charge in [-0.05, 0) is 37.1 Å². The Bertz CT molecular complexity index is 544. The molecule has 0 aromatic heterocycles. The molecule has 1 aliphatic carbocycles. The summed E-state index contributed by atoms with van der Waals surface area (Å²) >= 11 is 1.76. The maximum atomic E-state index is 5.76. The van der Waals surface area contributed by atoms with Crippen molar-refractivity contribution in [3.63, 3.8) is 0 Å². The molecule has 0 unspecified atom stereocenters. The second-order valence-electron chi connectivity index (χ2n) is 4.53. The number of rotatable bonds is 0. The lowest BCUT2D eigenvalue weighted by atomic mass is 10.2. The summed E-state index contributed by atoms with van der Waals surface area (Å²) in [5.74, 6) is 1.91. The van der Waals surface area contributed by atoms with E-state index in [1.165, 1.54) is 22.6 Å². The molecule has 1 heterocycles. The highest BCUT2D eigenvalue weighted by molar-refractivity contribution is 7.99. The molecular weight excluding hydrogens is 264 g/mol. The zero-order valence-corrected chi connectivity index (χ0v) is 12.0. The van der Waals surface area contributed by atoms with Gasteiger partial charge in [-0.1, -0.05) is 60.3 Å². The standard InChI is InChI=1S/C12H8OS.C6H8/c1-3-7-11-9(5-1)13-10-6-2-4-8-12(10)14-11;1-2-4-6-5-3-1/h1-8H;1-4H,5-6H2. The Kier molecular flexibility index (Phi) is 4.24. The van der Waals surface area contributed by atoms with Gasteiger partial charge in [0, 0.05) is 0 Å². The van der Waals surface area contributed by atoms with E-state index >= 15 is 0 Å². The molecule has 0 bridgehead atoms. The molecule has 0 saturated heterocycles. The smallest absolute Gasteiger partial charge is 0.141 e. The van der Waals surface area contributed by atoms with Crippen LogP contribution in [-0.4, -0.2) is 0 Å². The Morgan fingerprint density at radius 1 is 0.700 bits per heavy atom. The van der Waals surface area contributed by atoms with Gasteiger partial charge in [-0.3, -0.25) is 0 Å². The van der Waals surface area contributed by atoms with E-state index in [1.807, 2.05) is 36.4 Å². The molecule has 20 heavy (non-hydrogen) atoms. The summed E-state index contributed by atoms with van der Waals surface area (Å²) < 4.78 is 5.76. The predicted octanol–water partition coefficient (Wildman–Crippen LogP) is 5.84. The molecule has 0 saturated carbocycles. The first-order valence-electron chi connectivity index (χ1n) is 6.79. The second kappa shape index (κ2) is 6.49. The molecule has 4 rings (SSSR count). The molecule has 1 aliphatic heterocycles. The van der Waals surface area contributed by atoms with Crippen LogP contribution in [0, 0.1) is 0 Å². The summed E-state index contributed by atoms with van der Waals surface area (Å²) in [6.07, 6.45) is 11.0. The van der Waals surface area contributed by atoms with Crippen LogP contribution in [0.3, 0.4) is 0 Å². The van der Waals surface area contributed by atoms with Gasteiger partial charge in [0.1, 0.15) is 11.5 Å². The Labute approximate surface area is 124 Å². The molecule has 1 nitrogen and oxygen atoms in total. The van der Waals surface area contributed by atoms with Gasteiger partial charge in [0.05, 0.1) is 9.79 Å². The summed E-state index contributed by atoms with van der Waals surface area (Å²) in [6.45, 7) is 0. The van der Waals surface area contributed by atoms with Crippen LogP contribution in [0.25, 0.3) is 0 Å². The van der Waals surface area contributed by atoms with E-state index in [1.54, 1.807) is 11.8 Å². The van der Waals surface area contributed by atoms with Crippen molar-refractivity contribution in [3.8, 4) is 11.5 Å². The number of fused-ring (bicyclic) bond motifs is 2. The summed E-state index contributed by atoms with van der Waals surface area (Å²) in [4.78, 5) is 2.37. The van der Waals surface area contributed by atoms with Crippen LogP contribution in [0.2, 0.25) is 0 Å². The molecule has 2 heteroatoms. The minimum absolute atomic E-state index is 0.955. The van der Waals surface area contributed by atoms with Crippen LogP contribution in [0.5, 0.6) is 11.5 Å². The number of hydrogen-bond donors (Lipinski definition) is 0. The molecule has 100 valence electrons. The van der Waals surface area contributed by atoms with Crippen LogP contribution >= 0.6 is 11.8 Å². The van der Waals surface area contributed by atoms with Gasteiger partial charge < -0.3 is 4.74 Å². The van der Waals surface area contributed by atoms with Gasteiger partial charge in [-0.2, -0.15) is 0 Å². The Balaban J connectivity index is 0.000000170. The highest BCUT2D eigenvalue weighted by atomic mass is 32.2. The molecular formula is C18H16OS. The van der Waals surface area contributed by atoms with Crippen LogP contribution < -0.4 is 4.74 Å². The summed E-state index contributed by atoms with van der Waals surface area (Å²) in [7, 11) is 0. The third kappa shape index (κ3) is 3.14. The van der Waals surface area contributed by atoms with Crippen molar-refractivity contribution < 1.29 is 4.74 Å². The number of para-hydroxylation sites is 2. The maximum absolute atomic E-state index is 5.76. The monoisotopic (exact) mass is 280 g/mol. The average Bonchev–Trinajstić information content (AvgIpc) is 2.55. The molecule has 0 fully saturated rings. The predicted molar refractivity (Wildman–Crippen MR) is 84.6 cm³/mol. The lowest BCUT2D eigenvalue weighted by molar-refractivity contribution is 0.454. The molecule has 2 aromatic rings. The van der Waals surface area contributed by atoms with Crippen molar-refractivity contribution in [3.05, 3.63) is 72.8 Å². The van der Waals surface area contributed by atoms with Crippen molar-refractivity contribution in [2.24, 2.45) is 0 Å². The van der Waals surface area contributed by atoms with Gasteiger partial charge in [-0.15, -0.1) is 0 Å². The van der Waals surface area contributed by atoms with Gasteiger partial charge >= 0.3 is 0 Å². The van der Waals surface area contributed by atoms with Crippen molar-refractivity contribution in [1.82, 2.24) is 0 Å². The maximum Gasteiger partial charge on any atom is 0.141 e. The third-order valence-corrected chi connectivity index (χ3v) is 4.14. The Morgan fingerprint density at radius 3 is 1.65 bits per heavy atom. The van der Waals surface area contributed by atoms with Crippen LogP contribution in [0.4, 0.5) is 0 Å². The third-order valence-electron chi connectivity index (χ3n) is 3.02. The Morgan fingerprint density at radius 2 is 1.20 bits per heavy atom. The minimum Gasteiger partial charge on any atom is -0.455 e. The van der Waals surface area contributed by atoms with Gasteiger partial charge in [0.25, 0.3) is 0 Å². The summed E-state index contributed by atoms with van der Waals surface area (Å²) in [6, 6.07) is 16.2. The first-order chi connectivity index (χ1) is 9.93. The number of allylic oxidation sites excluding steroid dienone is 4. The van der Waals surface area contributed by atoms with E-state index in [9.17, 15) is 0 Å². The van der Waals surface area contributed by atoms with E-state index in [-0.39, 0.29) is 0 Å². The first kappa shape index (κ1) is 13.1. The van der Waals surface area contributed by atoms with Crippen molar-refractivity contribution in [2.45, 2.75) is 22.6 Å². The highest BCUT2D eigenvalue weighted by Gasteiger charge is 2.15. The zero-order chi connectivity index (χ0) is 13.6. The lowest BCUT2D eigenvalue weighted by Gasteiger charge is -2.18. The van der Waals surface area contributed by atoms with E-state index in [4.69, 9.17) is 4.74 Å². The highest BCUT2D eigenvalue weighted by Crippen LogP contribution is 2.46. The SMILES string of the molecule is C1=CCCC=C1.c1ccc2c(c1)Oc1ccccc1S2. The topological polar surface area (TPSA) is 9.23 Å². The first-order valence-corrected chi connectivity index (χ1v) is 7.60. The van der Waals surface area contributed by atoms with E-state index in [0.717, 1.165) is 11.5 Å². The molecule has 0 radical (unpaired) electrons. The number of benzene rings is 2. The molecule has 0 N–H and O–H groups in total. The summed E-state index contributed by atoms with van der Waals surface area (Å²) in [5, 5.41) is 0. The number of hydrogen-bond acceptors (Lipinski definition) is 2. The van der Waals surface area contributed by atoms with E-state index in [0.29, 0.717) is 0 Å². The van der Waals surface area contributed by atoms with Crippen molar-refractivity contribution in [2.75, 3.05) is 0 Å². The number of ether oxygens (including phenoxy) is 1. The quantitative estimate of drug-likeness (QED) is 0.512. The van der Waals surface area contributed by atoms with Gasteiger partial charge in [0.15, 0.2) is 0 Å². The molecule has 0 atom stereocenters. The Hall–Kier alpha value is -1.93. The molecule has 2 aliphatic rings. The van der Waals surface area contributed by atoms with Gasteiger partial charge in [-0.25, -0.2) is 0 Å². The van der Waals surface area contributed by atoms with E-state index in [2.05, 4.69) is 36.4 Å². The molecule has 0 spiro atoms. The minimum atomic E-state index is 0.955.